The number of ether oxygens (including phenoxy) is 1. The van der Waals surface area contributed by atoms with Crippen LogP contribution in [0, 0.1) is 6.92 Å². The molecule has 1 N–H and O–H groups in total. The van der Waals surface area contributed by atoms with E-state index in [2.05, 4.69) is 5.32 Å². The van der Waals surface area contributed by atoms with Crippen LogP contribution in [0.2, 0.25) is 5.02 Å². The van der Waals surface area contributed by atoms with Crippen LogP contribution in [0.5, 0.6) is 0 Å². The molecule has 0 aliphatic carbocycles. The van der Waals surface area contributed by atoms with Crippen molar-refractivity contribution in [3.05, 3.63) is 58.1 Å². The number of sulfonamides is 1. The van der Waals surface area contributed by atoms with Crippen molar-refractivity contribution in [2.24, 2.45) is 0 Å². The number of carbonyl (C=O) groups is 2. The molecule has 0 radical (unpaired) electrons. The van der Waals surface area contributed by atoms with Gasteiger partial charge in [0.15, 0.2) is 0 Å². The number of carbonyl (C=O) groups excluding carboxylic acids is 2. The van der Waals surface area contributed by atoms with Gasteiger partial charge in [0.2, 0.25) is 10.0 Å². The Kier molecular flexibility index (Phi) is 6.69. The first-order valence-corrected chi connectivity index (χ1v) is 10.6. The second-order valence-electron chi connectivity index (χ2n) is 6.10. The fourth-order valence-electron chi connectivity index (χ4n) is 2.41. The topological polar surface area (TPSA) is 92.8 Å². The van der Waals surface area contributed by atoms with Crippen molar-refractivity contribution in [1.29, 1.82) is 0 Å². The molecule has 9 heteroatoms. The zero-order valence-electron chi connectivity index (χ0n) is 15.9. The van der Waals surface area contributed by atoms with Gasteiger partial charge in [-0.15, -0.1) is 0 Å². The molecule has 0 heterocycles. The second-order valence-corrected chi connectivity index (χ2v) is 8.52. The number of hydrogen-bond acceptors (Lipinski definition) is 5. The highest BCUT2D eigenvalue weighted by Crippen LogP contribution is 2.26. The highest BCUT2D eigenvalue weighted by Gasteiger charge is 2.17. The maximum Gasteiger partial charge on any atom is 0.338 e. The summed E-state index contributed by atoms with van der Waals surface area (Å²) in [5.74, 6) is -0.886. The summed E-state index contributed by atoms with van der Waals surface area (Å²) in [6.07, 6.45) is 1.07. The highest BCUT2D eigenvalue weighted by molar-refractivity contribution is 7.92. The lowest BCUT2D eigenvalue weighted by Gasteiger charge is -2.17. The molecule has 0 aliphatic heterocycles. The molecule has 0 spiro atoms. The predicted octanol–water partition coefficient (Wildman–Crippen LogP) is 3.47. The Labute approximate surface area is 169 Å². The smallest absolute Gasteiger partial charge is 0.338 e. The van der Waals surface area contributed by atoms with Crippen molar-refractivity contribution in [2.45, 2.75) is 13.8 Å². The zero-order chi connectivity index (χ0) is 21.1. The van der Waals surface area contributed by atoms with Crippen molar-refractivity contribution in [1.82, 2.24) is 0 Å². The monoisotopic (exact) mass is 424 g/mol. The number of rotatable bonds is 6. The summed E-state index contributed by atoms with van der Waals surface area (Å²) in [6, 6.07) is 9.16. The maximum absolute atomic E-state index is 12.6. The Bertz CT molecular complexity index is 1020. The van der Waals surface area contributed by atoms with Gasteiger partial charge in [0.05, 0.1) is 34.7 Å². The number of amides is 1. The maximum atomic E-state index is 12.6. The molecule has 0 fully saturated rings. The van der Waals surface area contributed by atoms with Gasteiger partial charge in [-0.3, -0.25) is 9.10 Å². The van der Waals surface area contributed by atoms with E-state index in [-0.39, 0.29) is 17.2 Å². The van der Waals surface area contributed by atoms with E-state index in [9.17, 15) is 18.0 Å². The lowest BCUT2D eigenvalue weighted by molar-refractivity contribution is 0.0526. The first-order valence-electron chi connectivity index (χ1n) is 8.37. The lowest BCUT2D eigenvalue weighted by atomic mass is 10.1. The minimum absolute atomic E-state index is 0.117. The predicted molar refractivity (Wildman–Crippen MR) is 110 cm³/mol. The van der Waals surface area contributed by atoms with E-state index in [1.165, 1.54) is 25.2 Å². The molecule has 0 atom stereocenters. The van der Waals surface area contributed by atoms with Crippen molar-refractivity contribution >= 4 is 44.9 Å². The Morgan fingerprint density at radius 3 is 2.39 bits per heavy atom. The molecule has 0 saturated carbocycles. The summed E-state index contributed by atoms with van der Waals surface area (Å²) in [4.78, 5) is 24.3. The van der Waals surface area contributed by atoms with Crippen LogP contribution in [-0.4, -0.2) is 40.2 Å². The van der Waals surface area contributed by atoms with Crippen LogP contribution in [0.15, 0.2) is 36.4 Å². The van der Waals surface area contributed by atoms with Gasteiger partial charge in [-0.2, -0.15) is 0 Å². The molecule has 150 valence electrons. The summed E-state index contributed by atoms with van der Waals surface area (Å²) in [7, 11) is -2.04. The first-order chi connectivity index (χ1) is 13.0. The lowest BCUT2D eigenvalue weighted by Crippen LogP contribution is -2.25. The Morgan fingerprint density at radius 2 is 1.86 bits per heavy atom. The van der Waals surface area contributed by atoms with Crippen molar-refractivity contribution in [3.8, 4) is 0 Å². The van der Waals surface area contributed by atoms with E-state index in [4.69, 9.17) is 16.3 Å². The molecule has 7 nitrogen and oxygen atoms in total. The summed E-state index contributed by atoms with van der Waals surface area (Å²) in [5.41, 5.74) is 2.14. The zero-order valence-corrected chi connectivity index (χ0v) is 17.5. The minimum Gasteiger partial charge on any atom is -0.462 e. The van der Waals surface area contributed by atoms with Crippen molar-refractivity contribution in [2.75, 3.05) is 29.5 Å². The number of nitrogens with one attached hydrogen (secondary N) is 1. The number of esters is 1. The van der Waals surface area contributed by atoms with Gasteiger partial charge in [0.25, 0.3) is 5.91 Å². The number of aryl methyl sites for hydroxylation is 1. The van der Waals surface area contributed by atoms with Crippen LogP contribution in [0.1, 0.15) is 33.2 Å². The third kappa shape index (κ3) is 5.02. The molecule has 2 aromatic rings. The van der Waals surface area contributed by atoms with Crippen LogP contribution in [0.4, 0.5) is 11.4 Å². The molecule has 2 rings (SSSR count). The average Bonchev–Trinajstić information content (AvgIpc) is 2.61. The van der Waals surface area contributed by atoms with Crippen molar-refractivity contribution in [3.63, 3.8) is 0 Å². The van der Waals surface area contributed by atoms with Gasteiger partial charge in [-0.25, -0.2) is 13.2 Å². The third-order valence-electron chi connectivity index (χ3n) is 4.04. The van der Waals surface area contributed by atoms with E-state index >= 15 is 0 Å². The SMILES string of the molecule is CCOC(=O)c1ccc(NC(=O)c2ccc(N(C)S(C)(=O)=O)cc2Cl)c(C)c1. The number of anilines is 2. The van der Waals surface area contributed by atoms with Gasteiger partial charge in [-0.1, -0.05) is 11.6 Å². The average molecular weight is 425 g/mol. The van der Waals surface area contributed by atoms with Gasteiger partial charge in [-0.05, 0) is 55.8 Å². The standard InChI is InChI=1S/C19H21ClN2O5S/c1-5-27-19(24)13-6-9-17(12(2)10-13)21-18(23)15-8-7-14(11-16(15)20)22(3)28(4,25)26/h6-11H,5H2,1-4H3,(H,21,23). The van der Waals surface area contributed by atoms with Crippen LogP contribution < -0.4 is 9.62 Å². The number of hydrogen-bond donors (Lipinski definition) is 1. The van der Waals surface area contributed by atoms with E-state index in [1.807, 2.05) is 0 Å². The summed E-state index contributed by atoms with van der Waals surface area (Å²) < 4.78 is 29.3. The van der Waals surface area contributed by atoms with Gasteiger partial charge in [0, 0.05) is 12.7 Å². The Balaban J connectivity index is 2.22. The molecule has 0 unspecified atom stereocenters. The fraction of sp³-hybridized carbons (Fsp3) is 0.263. The number of nitrogens with zero attached hydrogens (tertiary/aromatic N) is 1. The second kappa shape index (κ2) is 8.62. The minimum atomic E-state index is -3.44. The molecule has 0 aliphatic rings. The van der Waals surface area contributed by atoms with Gasteiger partial charge >= 0.3 is 5.97 Å². The Morgan fingerprint density at radius 1 is 1.18 bits per heavy atom. The molecule has 0 aromatic heterocycles. The largest absolute Gasteiger partial charge is 0.462 e. The van der Waals surface area contributed by atoms with Crippen LogP contribution >= 0.6 is 11.6 Å². The molecule has 0 bridgehead atoms. The summed E-state index contributed by atoms with van der Waals surface area (Å²) in [6.45, 7) is 3.76. The first kappa shape index (κ1) is 21.7. The van der Waals surface area contributed by atoms with Gasteiger partial charge < -0.3 is 10.1 Å². The van der Waals surface area contributed by atoms with Crippen LogP contribution in [0.25, 0.3) is 0 Å². The summed E-state index contributed by atoms with van der Waals surface area (Å²) in [5, 5.41) is 2.85. The van der Waals surface area contributed by atoms with E-state index in [0.717, 1.165) is 10.6 Å². The molecule has 2 aromatic carbocycles. The van der Waals surface area contributed by atoms with Crippen molar-refractivity contribution < 1.29 is 22.7 Å². The van der Waals surface area contributed by atoms with E-state index in [0.29, 0.717) is 22.5 Å². The Hall–Kier alpha value is -2.58. The fourth-order valence-corrected chi connectivity index (χ4v) is 3.17. The number of benzene rings is 2. The normalized spacial score (nSPS) is 11.0. The molecular formula is C19H21ClN2O5S. The van der Waals surface area contributed by atoms with Crippen LogP contribution in [-0.2, 0) is 14.8 Å². The highest BCUT2D eigenvalue weighted by atomic mass is 35.5. The summed E-state index contributed by atoms with van der Waals surface area (Å²) >= 11 is 6.18. The van der Waals surface area contributed by atoms with E-state index in [1.54, 1.807) is 32.0 Å². The quantitative estimate of drug-likeness (QED) is 0.716. The number of halogens is 1. The van der Waals surface area contributed by atoms with E-state index < -0.39 is 21.9 Å². The van der Waals surface area contributed by atoms with Gasteiger partial charge in [0.1, 0.15) is 0 Å². The third-order valence-corrected chi connectivity index (χ3v) is 5.56. The molecule has 28 heavy (non-hydrogen) atoms. The molecule has 1 amide bonds. The van der Waals surface area contributed by atoms with Crippen LogP contribution in [0.3, 0.4) is 0 Å². The molecular weight excluding hydrogens is 404 g/mol. The molecule has 0 saturated heterocycles.